The predicted molar refractivity (Wildman–Crippen MR) is 122 cm³/mol. The van der Waals surface area contributed by atoms with Gasteiger partial charge >= 0.3 is 6.09 Å². The summed E-state index contributed by atoms with van der Waals surface area (Å²) in [7, 11) is 0. The molecule has 0 radical (unpaired) electrons. The molecule has 2 aromatic carbocycles. The van der Waals surface area contributed by atoms with Crippen LogP contribution in [0.2, 0.25) is 0 Å². The summed E-state index contributed by atoms with van der Waals surface area (Å²) in [5.74, 6) is -0.739. The zero-order chi connectivity index (χ0) is 23.3. The molecule has 1 saturated heterocycles. The van der Waals surface area contributed by atoms with Crippen LogP contribution < -0.4 is 4.74 Å². The number of carbonyl (C=O) groups excluding carboxylic acids is 2. The summed E-state index contributed by atoms with van der Waals surface area (Å²) in [6.45, 7) is 8.50. The Hall–Kier alpha value is -2.86. The van der Waals surface area contributed by atoms with Gasteiger partial charge in [-0.15, -0.1) is 0 Å². The lowest BCUT2D eigenvalue weighted by molar-refractivity contribution is -0.139. The molecule has 6 heteroatoms. The molecular weight excluding hydrogens is 406 g/mol. The molecule has 32 heavy (non-hydrogen) atoms. The first-order valence-electron chi connectivity index (χ1n) is 11.3. The first-order chi connectivity index (χ1) is 15.3. The lowest BCUT2D eigenvalue weighted by atomic mass is 9.84. The van der Waals surface area contributed by atoms with Crippen LogP contribution in [0.1, 0.15) is 62.4 Å². The van der Waals surface area contributed by atoms with Crippen molar-refractivity contribution in [2.45, 2.75) is 52.7 Å². The molecule has 1 fully saturated rings. The van der Waals surface area contributed by atoms with Gasteiger partial charge in [0.2, 0.25) is 5.91 Å². The number of aryl methyl sites for hydroxylation is 1. The van der Waals surface area contributed by atoms with Crippen molar-refractivity contribution in [1.29, 1.82) is 0 Å². The number of cyclic esters (lactones) is 1. The van der Waals surface area contributed by atoms with Gasteiger partial charge in [0.25, 0.3) is 0 Å². The Morgan fingerprint density at radius 2 is 1.94 bits per heavy atom. The molecule has 0 spiro atoms. The third-order valence-corrected chi connectivity index (χ3v) is 5.95. The van der Waals surface area contributed by atoms with E-state index in [1.165, 1.54) is 0 Å². The van der Waals surface area contributed by atoms with Crippen LogP contribution >= 0.6 is 0 Å². The molecule has 1 aliphatic heterocycles. The zero-order valence-electron chi connectivity index (χ0n) is 19.3. The number of amides is 2. The van der Waals surface area contributed by atoms with Gasteiger partial charge < -0.3 is 14.6 Å². The average Bonchev–Trinajstić information content (AvgIpc) is 3.17. The summed E-state index contributed by atoms with van der Waals surface area (Å²) in [6.07, 6.45) is 0.215. The van der Waals surface area contributed by atoms with Crippen LogP contribution in [-0.4, -0.2) is 35.2 Å². The third kappa shape index (κ3) is 5.13. The molecule has 0 aliphatic carbocycles. The second-order valence-corrected chi connectivity index (χ2v) is 8.65. The summed E-state index contributed by atoms with van der Waals surface area (Å²) in [5.41, 5.74) is 2.39. The van der Waals surface area contributed by atoms with Crippen molar-refractivity contribution >= 4 is 12.0 Å². The third-order valence-electron chi connectivity index (χ3n) is 5.95. The summed E-state index contributed by atoms with van der Waals surface area (Å²) in [5, 5.41) is 11.3. The maximum absolute atomic E-state index is 13.6. The van der Waals surface area contributed by atoms with Crippen LogP contribution in [0.4, 0.5) is 4.79 Å². The molecule has 0 bridgehead atoms. The van der Waals surface area contributed by atoms with Gasteiger partial charge in [0.1, 0.15) is 18.4 Å². The molecular formula is C26H33NO5. The summed E-state index contributed by atoms with van der Waals surface area (Å²) >= 11 is 0. The van der Waals surface area contributed by atoms with Crippen molar-refractivity contribution in [1.82, 2.24) is 4.90 Å². The Kier molecular flexibility index (Phi) is 7.91. The fourth-order valence-corrected chi connectivity index (χ4v) is 4.02. The number of ether oxygens (including phenoxy) is 2. The Bertz CT molecular complexity index is 927. The number of carbonyl (C=O) groups is 2. The highest BCUT2D eigenvalue weighted by atomic mass is 16.6. The van der Waals surface area contributed by atoms with Crippen LogP contribution in [0.25, 0.3) is 0 Å². The van der Waals surface area contributed by atoms with E-state index in [1.54, 1.807) is 6.07 Å². The van der Waals surface area contributed by atoms with Crippen LogP contribution in [0, 0.1) is 18.8 Å². The van der Waals surface area contributed by atoms with Crippen molar-refractivity contribution in [3.8, 4) is 5.75 Å². The summed E-state index contributed by atoms with van der Waals surface area (Å²) < 4.78 is 11.1. The molecule has 1 heterocycles. The minimum Gasteiger partial charge on any atom is -0.493 e. The van der Waals surface area contributed by atoms with E-state index in [9.17, 15) is 14.7 Å². The maximum Gasteiger partial charge on any atom is 0.417 e. The number of nitrogens with zero attached hydrogens (tertiary/aromatic N) is 1. The van der Waals surface area contributed by atoms with Crippen molar-refractivity contribution in [3.05, 3.63) is 65.2 Å². The molecule has 0 saturated carbocycles. The smallest absolute Gasteiger partial charge is 0.417 e. The number of unbranched alkanes of at least 4 members (excludes halogenated alkanes) is 1. The van der Waals surface area contributed by atoms with Crippen LogP contribution in [-0.2, 0) is 9.53 Å². The van der Waals surface area contributed by atoms with E-state index in [0.29, 0.717) is 17.9 Å². The van der Waals surface area contributed by atoms with Gasteiger partial charge in [-0.25, -0.2) is 9.69 Å². The topological polar surface area (TPSA) is 76.1 Å². The highest BCUT2D eigenvalue weighted by Gasteiger charge is 2.44. The number of aliphatic hydroxyl groups excluding tert-OH is 1. The Balaban J connectivity index is 1.88. The van der Waals surface area contributed by atoms with Gasteiger partial charge in [0.15, 0.2) is 0 Å². The lowest BCUT2D eigenvalue weighted by Crippen LogP contribution is -2.42. The lowest BCUT2D eigenvalue weighted by Gasteiger charge is -2.30. The first kappa shape index (κ1) is 23.8. The fourth-order valence-electron chi connectivity index (χ4n) is 4.02. The fraction of sp³-hybridized carbons (Fsp3) is 0.462. The molecule has 3 unspecified atom stereocenters. The van der Waals surface area contributed by atoms with E-state index in [0.717, 1.165) is 28.9 Å². The first-order valence-corrected chi connectivity index (χ1v) is 11.3. The van der Waals surface area contributed by atoms with Gasteiger partial charge in [0, 0.05) is 0 Å². The van der Waals surface area contributed by atoms with Crippen molar-refractivity contribution < 1.29 is 24.2 Å². The highest BCUT2D eigenvalue weighted by Crippen LogP contribution is 2.36. The van der Waals surface area contributed by atoms with E-state index >= 15 is 0 Å². The average molecular weight is 440 g/mol. The van der Waals surface area contributed by atoms with Crippen LogP contribution in [0.3, 0.4) is 0 Å². The molecule has 2 aromatic rings. The van der Waals surface area contributed by atoms with E-state index in [1.807, 2.05) is 63.2 Å². The van der Waals surface area contributed by atoms with Gasteiger partial charge in [-0.1, -0.05) is 69.7 Å². The highest BCUT2D eigenvalue weighted by molar-refractivity contribution is 5.95. The van der Waals surface area contributed by atoms with E-state index < -0.39 is 30.1 Å². The molecule has 0 aromatic heterocycles. The standard InChI is InChI=1S/C26H33NO5/c1-5-6-14-31-22-15-20(13-12-18(22)4)24(28)23(17(2)3)25(29)27-21(16-32-26(27)30)19-10-8-7-9-11-19/h7-13,15,17,21,23-24,28H,5-6,14,16H2,1-4H3. The van der Waals surface area contributed by atoms with Crippen molar-refractivity contribution in [3.63, 3.8) is 0 Å². The Morgan fingerprint density at radius 3 is 2.59 bits per heavy atom. The largest absolute Gasteiger partial charge is 0.493 e. The van der Waals surface area contributed by atoms with Gasteiger partial charge in [-0.2, -0.15) is 0 Å². The van der Waals surface area contributed by atoms with E-state index in [4.69, 9.17) is 9.47 Å². The minimum absolute atomic E-state index is 0.107. The number of benzene rings is 2. The van der Waals surface area contributed by atoms with Crippen molar-refractivity contribution in [2.24, 2.45) is 11.8 Å². The summed E-state index contributed by atoms with van der Waals surface area (Å²) in [4.78, 5) is 27.3. The van der Waals surface area contributed by atoms with Gasteiger partial charge in [-0.05, 0) is 42.0 Å². The molecule has 2 amide bonds. The number of aliphatic hydroxyl groups is 1. The van der Waals surface area contributed by atoms with Crippen LogP contribution in [0.5, 0.6) is 5.75 Å². The Morgan fingerprint density at radius 1 is 1.22 bits per heavy atom. The Labute approximate surface area is 190 Å². The normalized spacial score (nSPS) is 17.9. The monoisotopic (exact) mass is 439 g/mol. The molecule has 172 valence electrons. The number of rotatable bonds is 9. The molecule has 3 rings (SSSR count). The van der Waals surface area contributed by atoms with E-state index in [-0.39, 0.29) is 12.5 Å². The quantitative estimate of drug-likeness (QED) is 0.544. The molecule has 6 nitrogen and oxygen atoms in total. The molecule has 3 atom stereocenters. The number of hydrogen-bond acceptors (Lipinski definition) is 5. The SMILES string of the molecule is CCCCOc1cc(C(O)C(C(=O)N2C(=O)OCC2c2ccccc2)C(C)C)ccc1C. The zero-order valence-corrected chi connectivity index (χ0v) is 19.3. The number of hydrogen-bond donors (Lipinski definition) is 1. The molecule has 1 N–H and O–H groups in total. The van der Waals surface area contributed by atoms with Crippen molar-refractivity contribution in [2.75, 3.05) is 13.2 Å². The van der Waals surface area contributed by atoms with Gasteiger partial charge in [-0.3, -0.25) is 4.79 Å². The summed E-state index contributed by atoms with van der Waals surface area (Å²) in [6, 6.07) is 14.3. The maximum atomic E-state index is 13.6. The molecule has 1 aliphatic rings. The van der Waals surface area contributed by atoms with E-state index in [2.05, 4.69) is 6.92 Å². The van der Waals surface area contributed by atoms with Gasteiger partial charge in [0.05, 0.1) is 18.6 Å². The minimum atomic E-state index is -1.08. The predicted octanol–water partition coefficient (Wildman–Crippen LogP) is 5.20. The van der Waals surface area contributed by atoms with Crippen LogP contribution in [0.15, 0.2) is 48.5 Å². The second-order valence-electron chi connectivity index (χ2n) is 8.65. The second kappa shape index (κ2) is 10.6. The number of imide groups is 1.